The van der Waals surface area contributed by atoms with E-state index in [0.717, 1.165) is 45.5 Å². The minimum atomic E-state index is -0.606. The van der Waals surface area contributed by atoms with Crippen molar-refractivity contribution >= 4 is 27.8 Å². The number of esters is 1. The average Bonchev–Trinajstić information content (AvgIpc) is 3.03. The molecule has 0 aliphatic carbocycles. The van der Waals surface area contributed by atoms with Gasteiger partial charge in [-0.05, 0) is 53.9 Å². The van der Waals surface area contributed by atoms with E-state index in [1.807, 2.05) is 84.9 Å². The molecule has 4 rings (SSSR count). The first-order valence-corrected chi connectivity index (χ1v) is 15.5. The van der Waals surface area contributed by atoms with Crippen LogP contribution in [0.1, 0.15) is 67.4 Å². The molecule has 0 saturated carbocycles. The zero-order valence-electron chi connectivity index (χ0n) is 24.7. The molecule has 6 nitrogen and oxygen atoms in total. The summed E-state index contributed by atoms with van der Waals surface area (Å²) in [6, 6.07) is 30.0. The standard InChI is InChI=1S/C36H38BrNO5/c1-3-4-5-6-12-23-42-33-22-21-28(37)24-31(33)36(40)38-32(25-35(39)41-2)27-19-17-26(18-20-27)30-15-10-11-16-34(30)43-29-13-8-7-9-14-29/h7-11,13-22,24,32H,3-6,12,23,25H2,1-2H3,(H,38,40). The zero-order chi connectivity index (χ0) is 30.4. The van der Waals surface area contributed by atoms with E-state index in [4.69, 9.17) is 14.2 Å². The van der Waals surface area contributed by atoms with Crippen LogP contribution in [-0.4, -0.2) is 25.6 Å². The molecule has 0 spiro atoms. The first kappa shape index (κ1) is 31.8. The molecule has 0 radical (unpaired) electrons. The largest absolute Gasteiger partial charge is 0.493 e. The lowest BCUT2D eigenvalue weighted by molar-refractivity contribution is -0.141. The second-order valence-corrected chi connectivity index (χ2v) is 11.2. The maximum atomic E-state index is 13.6. The molecule has 43 heavy (non-hydrogen) atoms. The minimum Gasteiger partial charge on any atom is -0.493 e. The second kappa shape index (κ2) is 16.5. The quantitative estimate of drug-likeness (QED) is 0.103. The van der Waals surface area contributed by atoms with Gasteiger partial charge in [-0.2, -0.15) is 0 Å². The zero-order valence-corrected chi connectivity index (χ0v) is 26.3. The van der Waals surface area contributed by atoms with Gasteiger partial charge in [0.1, 0.15) is 17.2 Å². The van der Waals surface area contributed by atoms with E-state index in [2.05, 4.69) is 28.2 Å². The van der Waals surface area contributed by atoms with Crippen molar-refractivity contribution in [2.45, 2.75) is 51.5 Å². The van der Waals surface area contributed by atoms with Crippen molar-refractivity contribution in [1.29, 1.82) is 0 Å². The topological polar surface area (TPSA) is 73.9 Å². The Kier molecular flexibility index (Phi) is 12.2. The predicted molar refractivity (Wildman–Crippen MR) is 174 cm³/mol. The van der Waals surface area contributed by atoms with E-state index in [0.29, 0.717) is 17.9 Å². The molecule has 0 aliphatic rings. The number of rotatable bonds is 15. The Labute approximate surface area is 262 Å². The summed E-state index contributed by atoms with van der Waals surface area (Å²) in [5.74, 6) is 1.24. The molecule has 1 unspecified atom stereocenters. The Morgan fingerprint density at radius 2 is 1.53 bits per heavy atom. The molecule has 0 bridgehead atoms. The number of carbonyl (C=O) groups excluding carboxylic acids is 2. The smallest absolute Gasteiger partial charge is 0.307 e. The van der Waals surface area contributed by atoms with Crippen LogP contribution in [-0.2, 0) is 9.53 Å². The average molecular weight is 645 g/mol. The van der Waals surface area contributed by atoms with Gasteiger partial charge in [0.2, 0.25) is 0 Å². The molecule has 4 aromatic carbocycles. The number of hydrogen-bond acceptors (Lipinski definition) is 5. The predicted octanol–water partition coefficient (Wildman–Crippen LogP) is 9.29. The summed E-state index contributed by atoms with van der Waals surface area (Å²) in [5, 5.41) is 3.04. The summed E-state index contributed by atoms with van der Waals surface area (Å²) in [6.45, 7) is 2.72. The van der Waals surface area contributed by atoms with Crippen LogP contribution < -0.4 is 14.8 Å². The Balaban J connectivity index is 1.52. The fraction of sp³-hybridized carbons (Fsp3) is 0.278. The molecule has 0 aromatic heterocycles. The van der Waals surface area contributed by atoms with Gasteiger partial charge in [-0.25, -0.2) is 0 Å². The molecule has 7 heteroatoms. The number of halogens is 1. The number of methoxy groups -OCH3 is 1. The lowest BCUT2D eigenvalue weighted by Crippen LogP contribution is -2.31. The van der Waals surface area contributed by atoms with Crippen LogP contribution in [0, 0.1) is 0 Å². The molecular formula is C36H38BrNO5. The lowest BCUT2D eigenvalue weighted by Gasteiger charge is -2.20. The lowest BCUT2D eigenvalue weighted by atomic mass is 9.98. The van der Waals surface area contributed by atoms with Crippen molar-refractivity contribution in [3.05, 3.63) is 113 Å². The van der Waals surface area contributed by atoms with E-state index >= 15 is 0 Å². The number of hydrogen-bond donors (Lipinski definition) is 1. The first-order valence-electron chi connectivity index (χ1n) is 14.7. The van der Waals surface area contributed by atoms with E-state index in [1.54, 1.807) is 12.1 Å². The Bertz CT molecular complexity index is 1470. The summed E-state index contributed by atoms with van der Waals surface area (Å²) >= 11 is 3.47. The highest BCUT2D eigenvalue weighted by atomic mass is 79.9. The number of benzene rings is 4. The van der Waals surface area contributed by atoms with Crippen LogP contribution in [0.4, 0.5) is 0 Å². The van der Waals surface area contributed by atoms with Crippen molar-refractivity contribution < 1.29 is 23.8 Å². The first-order chi connectivity index (χ1) is 21.0. The monoisotopic (exact) mass is 643 g/mol. The van der Waals surface area contributed by atoms with Crippen molar-refractivity contribution in [2.75, 3.05) is 13.7 Å². The molecular weight excluding hydrogens is 606 g/mol. The van der Waals surface area contributed by atoms with Crippen LogP contribution in [0.25, 0.3) is 11.1 Å². The fourth-order valence-electron chi connectivity index (χ4n) is 4.74. The number of ether oxygens (including phenoxy) is 3. The highest BCUT2D eigenvalue weighted by Gasteiger charge is 2.22. The number of carbonyl (C=O) groups is 2. The molecule has 4 aromatic rings. The van der Waals surface area contributed by atoms with Gasteiger partial charge in [-0.1, -0.05) is 109 Å². The number of unbranched alkanes of at least 4 members (excludes halogenated alkanes) is 4. The third kappa shape index (κ3) is 9.45. The maximum absolute atomic E-state index is 13.6. The van der Waals surface area contributed by atoms with Gasteiger partial charge in [0.15, 0.2) is 0 Å². The summed E-state index contributed by atoms with van der Waals surface area (Å²) in [6.07, 6.45) is 5.57. The third-order valence-corrected chi connectivity index (χ3v) is 7.57. The summed E-state index contributed by atoms with van der Waals surface area (Å²) in [4.78, 5) is 25.9. The minimum absolute atomic E-state index is 0.0170. The van der Waals surface area contributed by atoms with E-state index in [-0.39, 0.29) is 12.3 Å². The van der Waals surface area contributed by atoms with Crippen molar-refractivity contribution in [1.82, 2.24) is 5.32 Å². The Morgan fingerprint density at radius 1 is 0.814 bits per heavy atom. The van der Waals surface area contributed by atoms with Gasteiger partial charge in [-0.3, -0.25) is 9.59 Å². The highest BCUT2D eigenvalue weighted by Crippen LogP contribution is 2.34. The maximum Gasteiger partial charge on any atom is 0.307 e. The van der Waals surface area contributed by atoms with E-state index < -0.39 is 12.0 Å². The van der Waals surface area contributed by atoms with E-state index in [9.17, 15) is 9.59 Å². The summed E-state index contributed by atoms with van der Waals surface area (Å²) < 4.78 is 17.9. The molecule has 0 aliphatic heterocycles. The van der Waals surface area contributed by atoms with Gasteiger partial charge < -0.3 is 19.5 Å². The SMILES string of the molecule is CCCCCCCOc1ccc(Br)cc1C(=O)NC(CC(=O)OC)c1ccc(-c2ccccc2Oc2ccccc2)cc1. The fourth-order valence-corrected chi connectivity index (χ4v) is 5.10. The third-order valence-electron chi connectivity index (χ3n) is 7.08. The molecule has 0 saturated heterocycles. The number of nitrogens with one attached hydrogen (secondary N) is 1. The Morgan fingerprint density at radius 3 is 2.28 bits per heavy atom. The van der Waals surface area contributed by atoms with Crippen LogP contribution in [0.15, 0.2) is 102 Å². The normalized spacial score (nSPS) is 11.4. The van der Waals surface area contributed by atoms with Crippen molar-refractivity contribution in [3.63, 3.8) is 0 Å². The van der Waals surface area contributed by atoms with Crippen LogP contribution >= 0.6 is 15.9 Å². The summed E-state index contributed by atoms with van der Waals surface area (Å²) in [7, 11) is 1.34. The molecule has 1 atom stereocenters. The van der Waals surface area contributed by atoms with Gasteiger partial charge in [0.25, 0.3) is 5.91 Å². The molecule has 0 fully saturated rings. The molecule has 224 valence electrons. The van der Waals surface area contributed by atoms with Gasteiger partial charge in [-0.15, -0.1) is 0 Å². The number of para-hydroxylation sites is 2. The van der Waals surface area contributed by atoms with Gasteiger partial charge in [0, 0.05) is 10.0 Å². The molecule has 1 amide bonds. The molecule has 1 N–H and O–H groups in total. The summed E-state index contributed by atoms with van der Waals surface area (Å²) in [5.41, 5.74) is 3.05. The van der Waals surface area contributed by atoms with Gasteiger partial charge in [0.05, 0.1) is 31.7 Å². The number of amides is 1. The molecule has 0 heterocycles. The highest BCUT2D eigenvalue weighted by molar-refractivity contribution is 9.10. The van der Waals surface area contributed by atoms with Crippen LogP contribution in [0.2, 0.25) is 0 Å². The van der Waals surface area contributed by atoms with Gasteiger partial charge >= 0.3 is 5.97 Å². The second-order valence-electron chi connectivity index (χ2n) is 10.2. The van der Waals surface area contributed by atoms with Crippen molar-refractivity contribution in [3.8, 4) is 28.4 Å². The van der Waals surface area contributed by atoms with Crippen LogP contribution in [0.3, 0.4) is 0 Å². The van der Waals surface area contributed by atoms with E-state index in [1.165, 1.54) is 26.4 Å². The Hall–Kier alpha value is -4.10. The van der Waals surface area contributed by atoms with Crippen LogP contribution in [0.5, 0.6) is 17.2 Å². The van der Waals surface area contributed by atoms with Crippen molar-refractivity contribution in [2.24, 2.45) is 0 Å².